The molecule has 1 aromatic carbocycles. The van der Waals surface area contributed by atoms with Gasteiger partial charge in [0.05, 0.1) is 17.8 Å². The first-order valence-corrected chi connectivity index (χ1v) is 4.59. The SMILES string of the molecule is CC(O)C(C)O.O=C(O)c1ccccc1. The number of aromatic carboxylic acids is 1. The van der Waals surface area contributed by atoms with Gasteiger partial charge in [0.25, 0.3) is 0 Å². The Bertz CT molecular complexity index is 274. The summed E-state index contributed by atoms with van der Waals surface area (Å²) in [5.41, 5.74) is 0.331. The van der Waals surface area contributed by atoms with Gasteiger partial charge in [-0.25, -0.2) is 4.79 Å². The molecular weight excluding hydrogens is 196 g/mol. The highest BCUT2D eigenvalue weighted by Crippen LogP contribution is 1.96. The van der Waals surface area contributed by atoms with Crippen LogP contribution < -0.4 is 0 Å². The summed E-state index contributed by atoms with van der Waals surface area (Å²) >= 11 is 0. The van der Waals surface area contributed by atoms with Gasteiger partial charge in [-0.2, -0.15) is 0 Å². The van der Waals surface area contributed by atoms with E-state index in [0.29, 0.717) is 5.56 Å². The molecule has 1 rings (SSSR count). The van der Waals surface area contributed by atoms with Gasteiger partial charge < -0.3 is 15.3 Å². The summed E-state index contributed by atoms with van der Waals surface area (Å²) in [7, 11) is 0. The molecule has 2 unspecified atom stereocenters. The minimum atomic E-state index is -0.879. The lowest BCUT2D eigenvalue weighted by Gasteiger charge is -2.03. The molecule has 0 amide bonds. The molecule has 0 heterocycles. The minimum absolute atomic E-state index is 0.331. The van der Waals surface area contributed by atoms with Crippen molar-refractivity contribution in [1.82, 2.24) is 0 Å². The van der Waals surface area contributed by atoms with Crippen molar-refractivity contribution in [1.29, 1.82) is 0 Å². The number of carboxylic acid groups (broad SMARTS) is 1. The maximum absolute atomic E-state index is 10.2. The number of rotatable bonds is 2. The summed E-state index contributed by atoms with van der Waals surface area (Å²) in [6, 6.07) is 8.30. The summed E-state index contributed by atoms with van der Waals surface area (Å²) < 4.78 is 0. The first kappa shape index (κ1) is 13.6. The number of aliphatic hydroxyl groups excluding tert-OH is 2. The van der Waals surface area contributed by atoms with Crippen LogP contribution in [0.5, 0.6) is 0 Å². The minimum Gasteiger partial charge on any atom is -0.478 e. The van der Waals surface area contributed by atoms with Crippen LogP contribution in [0.3, 0.4) is 0 Å². The fraction of sp³-hybridized carbons (Fsp3) is 0.364. The Kier molecular flexibility index (Phi) is 6.33. The van der Waals surface area contributed by atoms with Crippen molar-refractivity contribution < 1.29 is 20.1 Å². The zero-order valence-electron chi connectivity index (χ0n) is 8.79. The van der Waals surface area contributed by atoms with E-state index in [1.54, 1.807) is 44.2 Å². The average molecular weight is 212 g/mol. The van der Waals surface area contributed by atoms with Gasteiger partial charge in [-0.3, -0.25) is 0 Å². The molecule has 0 aliphatic heterocycles. The van der Waals surface area contributed by atoms with Gasteiger partial charge in [-0.1, -0.05) is 18.2 Å². The van der Waals surface area contributed by atoms with Crippen LogP contribution in [0.25, 0.3) is 0 Å². The van der Waals surface area contributed by atoms with E-state index in [9.17, 15) is 4.79 Å². The highest BCUT2D eigenvalue weighted by molar-refractivity contribution is 5.87. The Hall–Kier alpha value is -1.39. The number of hydrogen-bond donors (Lipinski definition) is 3. The van der Waals surface area contributed by atoms with Crippen LogP contribution in [0.15, 0.2) is 30.3 Å². The Morgan fingerprint density at radius 2 is 1.47 bits per heavy atom. The molecule has 0 spiro atoms. The zero-order valence-corrected chi connectivity index (χ0v) is 8.79. The molecule has 3 N–H and O–H groups in total. The van der Waals surface area contributed by atoms with Gasteiger partial charge in [0, 0.05) is 0 Å². The van der Waals surface area contributed by atoms with Crippen molar-refractivity contribution in [2.24, 2.45) is 0 Å². The topological polar surface area (TPSA) is 77.8 Å². The van der Waals surface area contributed by atoms with E-state index in [0.717, 1.165) is 0 Å². The van der Waals surface area contributed by atoms with E-state index in [1.807, 2.05) is 0 Å². The second-order valence-corrected chi connectivity index (χ2v) is 3.15. The number of benzene rings is 1. The molecular formula is C11H16O4. The zero-order chi connectivity index (χ0) is 11.8. The van der Waals surface area contributed by atoms with Crippen molar-refractivity contribution in [2.45, 2.75) is 26.1 Å². The molecule has 0 fully saturated rings. The summed E-state index contributed by atoms with van der Waals surface area (Å²) in [6.07, 6.45) is -1.19. The lowest BCUT2D eigenvalue weighted by Crippen LogP contribution is -2.17. The third kappa shape index (κ3) is 6.65. The summed E-state index contributed by atoms with van der Waals surface area (Å²) in [6.45, 7) is 3.09. The van der Waals surface area contributed by atoms with E-state index < -0.39 is 18.2 Å². The highest BCUT2D eigenvalue weighted by atomic mass is 16.4. The Morgan fingerprint density at radius 3 is 1.67 bits per heavy atom. The molecule has 2 atom stereocenters. The number of carboxylic acids is 1. The van der Waals surface area contributed by atoms with Gasteiger partial charge in [0.15, 0.2) is 0 Å². The van der Waals surface area contributed by atoms with Gasteiger partial charge in [0.1, 0.15) is 0 Å². The van der Waals surface area contributed by atoms with Gasteiger partial charge >= 0.3 is 5.97 Å². The Balaban J connectivity index is 0.000000288. The largest absolute Gasteiger partial charge is 0.478 e. The maximum atomic E-state index is 10.2. The molecule has 0 aliphatic rings. The smallest absolute Gasteiger partial charge is 0.335 e. The molecule has 15 heavy (non-hydrogen) atoms. The van der Waals surface area contributed by atoms with Crippen LogP contribution in [0.1, 0.15) is 24.2 Å². The number of hydrogen-bond acceptors (Lipinski definition) is 3. The van der Waals surface area contributed by atoms with E-state index in [-0.39, 0.29) is 0 Å². The first-order valence-electron chi connectivity index (χ1n) is 4.59. The fourth-order valence-corrected chi connectivity index (χ4v) is 0.581. The van der Waals surface area contributed by atoms with E-state index >= 15 is 0 Å². The summed E-state index contributed by atoms with van der Waals surface area (Å²) in [4.78, 5) is 10.2. The van der Waals surface area contributed by atoms with E-state index in [2.05, 4.69) is 0 Å². The fourth-order valence-electron chi connectivity index (χ4n) is 0.581. The predicted molar refractivity (Wildman–Crippen MR) is 56.8 cm³/mol. The first-order chi connectivity index (χ1) is 6.95. The molecule has 0 saturated heterocycles. The van der Waals surface area contributed by atoms with Crippen molar-refractivity contribution in [3.05, 3.63) is 35.9 Å². The molecule has 4 nitrogen and oxygen atoms in total. The number of carbonyl (C=O) groups is 1. The molecule has 0 aliphatic carbocycles. The maximum Gasteiger partial charge on any atom is 0.335 e. The van der Waals surface area contributed by atoms with Gasteiger partial charge in [-0.05, 0) is 26.0 Å². The molecule has 0 saturated carbocycles. The third-order valence-corrected chi connectivity index (χ3v) is 1.72. The normalized spacial score (nSPS) is 13.3. The van der Waals surface area contributed by atoms with Crippen LogP contribution >= 0.6 is 0 Å². The summed E-state index contributed by atoms with van der Waals surface area (Å²) in [5, 5.41) is 25.1. The second kappa shape index (κ2) is 6.98. The van der Waals surface area contributed by atoms with Gasteiger partial charge in [0.2, 0.25) is 0 Å². The van der Waals surface area contributed by atoms with Crippen LogP contribution in [0.2, 0.25) is 0 Å². The Morgan fingerprint density at radius 1 is 1.07 bits per heavy atom. The van der Waals surface area contributed by atoms with Crippen LogP contribution in [-0.2, 0) is 0 Å². The van der Waals surface area contributed by atoms with E-state index in [1.165, 1.54) is 0 Å². The van der Waals surface area contributed by atoms with Crippen molar-refractivity contribution in [2.75, 3.05) is 0 Å². The molecule has 0 aromatic heterocycles. The molecule has 84 valence electrons. The van der Waals surface area contributed by atoms with Crippen LogP contribution in [-0.4, -0.2) is 33.5 Å². The van der Waals surface area contributed by atoms with Crippen LogP contribution in [0, 0.1) is 0 Å². The third-order valence-electron chi connectivity index (χ3n) is 1.72. The lowest BCUT2D eigenvalue weighted by atomic mass is 10.2. The monoisotopic (exact) mass is 212 g/mol. The molecule has 4 heteroatoms. The summed E-state index contributed by atoms with van der Waals surface area (Å²) in [5.74, 6) is -0.879. The average Bonchev–Trinajstić information content (AvgIpc) is 2.20. The molecule has 0 radical (unpaired) electrons. The van der Waals surface area contributed by atoms with Crippen molar-refractivity contribution in [3.63, 3.8) is 0 Å². The molecule has 1 aromatic rings. The number of aliphatic hydroxyl groups is 2. The standard InChI is InChI=1S/C7H6O2.C4H10O2/c8-7(9)6-4-2-1-3-5-6;1-3(5)4(2)6/h1-5H,(H,8,9);3-6H,1-2H3. The lowest BCUT2D eigenvalue weighted by molar-refractivity contribution is 0.0438. The quantitative estimate of drug-likeness (QED) is 0.686. The van der Waals surface area contributed by atoms with Crippen molar-refractivity contribution in [3.8, 4) is 0 Å². The Labute approximate surface area is 88.8 Å². The predicted octanol–water partition coefficient (Wildman–Crippen LogP) is 1.13. The van der Waals surface area contributed by atoms with Crippen LogP contribution in [0.4, 0.5) is 0 Å². The second-order valence-electron chi connectivity index (χ2n) is 3.15. The highest BCUT2D eigenvalue weighted by Gasteiger charge is 1.99. The van der Waals surface area contributed by atoms with Gasteiger partial charge in [-0.15, -0.1) is 0 Å². The van der Waals surface area contributed by atoms with Crippen molar-refractivity contribution >= 4 is 5.97 Å². The van der Waals surface area contributed by atoms with E-state index in [4.69, 9.17) is 15.3 Å². The molecule has 0 bridgehead atoms.